The molecule has 0 bridgehead atoms. The van der Waals surface area contributed by atoms with Gasteiger partial charge in [-0.05, 0) is 45.0 Å². The summed E-state index contributed by atoms with van der Waals surface area (Å²) in [7, 11) is 1.73. The predicted molar refractivity (Wildman–Crippen MR) is 80.7 cm³/mol. The van der Waals surface area contributed by atoms with Crippen LogP contribution >= 0.6 is 0 Å². The van der Waals surface area contributed by atoms with E-state index in [1.807, 2.05) is 6.20 Å². The fraction of sp³-hybridized carbons (Fsp3) is 0.667. The number of hydrogen-bond donors (Lipinski definition) is 1. The minimum absolute atomic E-state index is 0.350. The molecule has 4 nitrogen and oxygen atoms in total. The maximum atomic E-state index is 5.18. The minimum Gasteiger partial charge on any atom is -0.383 e. The van der Waals surface area contributed by atoms with Crippen molar-refractivity contribution in [1.82, 2.24) is 10.3 Å². The first-order chi connectivity index (χ1) is 9.10. The lowest BCUT2D eigenvalue weighted by Gasteiger charge is -2.28. The van der Waals surface area contributed by atoms with Crippen molar-refractivity contribution in [3.8, 4) is 0 Å². The van der Waals surface area contributed by atoms with Crippen molar-refractivity contribution < 1.29 is 4.74 Å². The molecule has 0 saturated heterocycles. The normalized spacial score (nSPS) is 12.7. The summed E-state index contributed by atoms with van der Waals surface area (Å²) in [6, 6.07) is 5.00. The Kier molecular flexibility index (Phi) is 6.81. The molecule has 1 rings (SSSR count). The van der Waals surface area contributed by atoms with Gasteiger partial charge in [-0.3, -0.25) is 0 Å². The van der Waals surface area contributed by atoms with E-state index in [0.29, 0.717) is 18.7 Å². The molecule has 4 heteroatoms. The van der Waals surface area contributed by atoms with E-state index in [2.05, 4.69) is 55.0 Å². The Labute approximate surface area is 117 Å². The van der Waals surface area contributed by atoms with Gasteiger partial charge in [0.25, 0.3) is 0 Å². The van der Waals surface area contributed by atoms with Crippen molar-refractivity contribution in [3.63, 3.8) is 0 Å². The number of rotatable bonds is 8. The summed E-state index contributed by atoms with van der Waals surface area (Å²) in [5.74, 6) is 1.02. The third-order valence-corrected chi connectivity index (χ3v) is 3.23. The van der Waals surface area contributed by atoms with Crippen LogP contribution in [0.4, 0.5) is 5.82 Å². The van der Waals surface area contributed by atoms with Gasteiger partial charge in [0.2, 0.25) is 0 Å². The van der Waals surface area contributed by atoms with Crippen LogP contribution in [0.15, 0.2) is 18.3 Å². The predicted octanol–water partition coefficient (Wildman–Crippen LogP) is 2.61. The van der Waals surface area contributed by atoms with Crippen molar-refractivity contribution in [1.29, 1.82) is 0 Å². The highest BCUT2D eigenvalue weighted by Crippen LogP contribution is 2.19. The molecular weight excluding hydrogens is 238 g/mol. The van der Waals surface area contributed by atoms with E-state index >= 15 is 0 Å². The van der Waals surface area contributed by atoms with Crippen LogP contribution in [0.5, 0.6) is 0 Å². The van der Waals surface area contributed by atoms with Gasteiger partial charge in [-0.2, -0.15) is 0 Å². The summed E-state index contributed by atoms with van der Waals surface area (Å²) in [5.41, 5.74) is 1.27. The van der Waals surface area contributed by atoms with Crippen molar-refractivity contribution in [3.05, 3.63) is 23.9 Å². The molecule has 19 heavy (non-hydrogen) atoms. The summed E-state index contributed by atoms with van der Waals surface area (Å²) in [6.45, 7) is 11.2. The largest absolute Gasteiger partial charge is 0.383 e. The Bertz CT molecular complexity index is 368. The molecule has 0 radical (unpaired) electrons. The molecule has 0 amide bonds. The Morgan fingerprint density at radius 2 is 2.11 bits per heavy atom. The van der Waals surface area contributed by atoms with Crippen molar-refractivity contribution in [2.24, 2.45) is 0 Å². The molecule has 1 unspecified atom stereocenters. The topological polar surface area (TPSA) is 37.4 Å². The van der Waals surface area contributed by atoms with Crippen molar-refractivity contribution in [2.75, 3.05) is 31.7 Å². The molecule has 0 aliphatic heterocycles. The van der Waals surface area contributed by atoms with Gasteiger partial charge in [0.1, 0.15) is 5.82 Å². The zero-order valence-corrected chi connectivity index (χ0v) is 12.8. The zero-order chi connectivity index (χ0) is 14.3. The molecule has 1 N–H and O–H groups in total. The number of ether oxygens (including phenoxy) is 1. The third-order valence-electron chi connectivity index (χ3n) is 3.23. The smallest absolute Gasteiger partial charge is 0.129 e. The molecule has 1 heterocycles. The van der Waals surface area contributed by atoms with Crippen LogP contribution < -0.4 is 10.2 Å². The van der Waals surface area contributed by atoms with E-state index in [1.54, 1.807) is 7.11 Å². The van der Waals surface area contributed by atoms with Gasteiger partial charge in [0.05, 0.1) is 6.61 Å². The summed E-state index contributed by atoms with van der Waals surface area (Å²) in [5, 5.41) is 3.43. The average Bonchev–Trinajstić information content (AvgIpc) is 2.39. The third kappa shape index (κ3) is 4.80. The van der Waals surface area contributed by atoms with Crippen LogP contribution in [0.3, 0.4) is 0 Å². The number of hydrogen-bond acceptors (Lipinski definition) is 4. The highest BCUT2D eigenvalue weighted by Gasteiger charge is 2.13. The van der Waals surface area contributed by atoms with Gasteiger partial charge in [0.15, 0.2) is 0 Å². The van der Waals surface area contributed by atoms with E-state index in [4.69, 9.17) is 4.74 Å². The summed E-state index contributed by atoms with van der Waals surface area (Å²) in [6.07, 6.45) is 1.89. The van der Waals surface area contributed by atoms with E-state index in [-0.39, 0.29) is 0 Å². The highest BCUT2D eigenvalue weighted by atomic mass is 16.5. The van der Waals surface area contributed by atoms with Gasteiger partial charge in [-0.25, -0.2) is 4.98 Å². The summed E-state index contributed by atoms with van der Waals surface area (Å²) in [4.78, 5) is 6.77. The first-order valence-electron chi connectivity index (χ1n) is 7.05. The first-order valence-corrected chi connectivity index (χ1v) is 7.05. The van der Waals surface area contributed by atoms with Crippen LogP contribution in [0, 0.1) is 0 Å². The van der Waals surface area contributed by atoms with E-state index < -0.39 is 0 Å². The zero-order valence-electron chi connectivity index (χ0n) is 12.8. The van der Waals surface area contributed by atoms with Gasteiger partial charge < -0.3 is 15.0 Å². The Balaban J connectivity index is 2.88. The van der Waals surface area contributed by atoms with E-state index in [1.165, 1.54) is 5.56 Å². The second-order valence-corrected chi connectivity index (χ2v) is 5.01. The first kappa shape index (κ1) is 15.9. The quantitative estimate of drug-likeness (QED) is 0.784. The second-order valence-electron chi connectivity index (χ2n) is 5.01. The van der Waals surface area contributed by atoms with Crippen LogP contribution in [0.2, 0.25) is 0 Å². The Morgan fingerprint density at radius 1 is 1.37 bits per heavy atom. The van der Waals surface area contributed by atoms with E-state index in [0.717, 1.165) is 18.9 Å². The number of methoxy groups -OCH3 is 1. The van der Waals surface area contributed by atoms with Crippen LogP contribution in [0.25, 0.3) is 0 Å². The lowest BCUT2D eigenvalue weighted by atomic mass is 10.1. The number of pyridine rings is 1. The lowest BCUT2D eigenvalue weighted by molar-refractivity contribution is 0.203. The molecule has 0 aliphatic carbocycles. The molecule has 108 valence electrons. The van der Waals surface area contributed by atoms with Crippen LogP contribution in [-0.4, -0.2) is 37.8 Å². The van der Waals surface area contributed by atoms with Gasteiger partial charge >= 0.3 is 0 Å². The fourth-order valence-corrected chi connectivity index (χ4v) is 2.11. The molecule has 0 saturated carbocycles. The molecule has 0 aromatic carbocycles. The van der Waals surface area contributed by atoms with Crippen molar-refractivity contribution >= 4 is 5.82 Å². The molecule has 1 atom stereocenters. The van der Waals surface area contributed by atoms with Crippen molar-refractivity contribution in [2.45, 2.75) is 39.8 Å². The molecule has 0 spiro atoms. The average molecular weight is 265 g/mol. The standard InChI is InChI=1S/C15H27N3O/c1-6-16-13(4)14-7-8-17-15(11-14)18(12(2)3)9-10-19-5/h7-8,11-13,16H,6,9-10H2,1-5H3. The number of aromatic nitrogens is 1. The molecule has 0 fully saturated rings. The SMILES string of the molecule is CCNC(C)c1ccnc(N(CCOC)C(C)C)c1. The Morgan fingerprint density at radius 3 is 2.68 bits per heavy atom. The number of anilines is 1. The maximum Gasteiger partial charge on any atom is 0.129 e. The monoisotopic (exact) mass is 265 g/mol. The molecular formula is C15H27N3O. The minimum atomic E-state index is 0.350. The summed E-state index contributed by atoms with van der Waals surface area (Å²) >= 11 is 0. The second kappa shape index (κ2) is 8.12. The van der Waals surface area contributed by atoms with Gasteiger partial charge in [-0.15, -0.1) is 0 Å². The maximum absolute atomic E-state index is 5.18. The Hall–Kier alpha value is -1.13. The summed E-state index contributed by atoms with van der Waals surface area (Å²) < 4.78 is 5.18. The van der Waals surface area contributed by atoms with Gasteiger partial charge in [-0.1, -0.05) is 6.92 Å². The highest BCUT2D eigenvalue weighted by molar-refractivity contribution is 5.42. The number of nitrogens with zero attached hydrogens (tertiary/aromatic N) is 2. The molecule has 0 aliphatic rings. The lowest BCUT2D eigenvalue weighted by Crippen LogP contribution is -2.34. The van der Waals surface area contributed by atoms with Crippen LogP contribution in [-0.2, 0) is 4.74 Å². The molecule has 1 aromatic heterocycles. The van der Waals surface area contributed by atoms with Crippen LogP contribution in [0.1, 0.15) is 39.3 Å². The van der Waals surface area contributed by atoms with E-state index in [9.17, 15) is 0 Å². The van der Waals surface area contributed by atoms with Gasteiger partial charge in [0, 0.05) is 31.9 Å². The number of nitrogens with one attached hydrogen (secondary N) is 1. The fourth-order valence-electron chi connectivity index (χ4n) is 2.11. The molecule has 1 aromatic rings.